The number of nitrogens with one attached hydrogen (secondary N) is 1. The van der Waals surface area contributed by atoms with Crippen LogP contribution in [-0.2, 0) is 16.1 Å². The van der Waals surface area contributed by atoms with Gasteiger partial charge < -0.3 is 14.8 Å². The largest absolute Gasteiger partial charge is 0.496 e. The first-order valence-corrected chi connectivity index (χ1v) is 10.4. The standard InChI is InChI=1S/C20H20BrNO4S/c1-25-17-9-6-14(21)10-13(17)11-26-20(24)16-4-2-3-5-18(16)27-12-19(23)22-15-7-8-15/h2-6,9-10,15H,7-8,11-12H2,1H3,(H,22,23). The molecule has 1 aliphatic carbocycles. The number of benzene rings is 2. The number of carbonyl (C=O) groups excluding carboxylic acids is 2. The molecule has 0 heterocycles. The third kappa shape index (κ3) is 5.74. The summed E-state index contributed by atoms with van der Waals surface area (Å²) in [4.78, 5) is 25.2. The molecule has 0 unspecified atom stereocenters. The first kappa shape index (κ1) is 19.8. The summed E-state index contributed by atoms with van der Waals surface area (Å²) in [5.41, 5.74) is 1.23. The van der Waals surface area contributed by atoms with E-state index in [4.69, 9.17) is 9.47 Å². The average molecular weight is 450 g/mol. The molecule has 3 rings (SSSR count). The number of hydrogen-bond acceptors (Lipinski definition) is 5. The van der Waals surface area contributed by atoms with Gasteiger partial charge in [0.15, 0.2) is 0 Å². The van der Waals surface area contributed by atoms with Crippen LogP contribution in [0, 0.1) is 0 Å². The second-order valence-corrected chi connectivity index (χ2v) is 8.09. The van der Waals surface area contributed by atoms with Crippen LogP contribution >= 0.6 is 27.7 Å². The molecule has 2 aromatic rings. The van der Waals surface area contributed by atoms with Gasteiger partial charge in [-0.1, -0.05) is 28.1 Å². The highest BCUT2D eigenvalue weighted by molar-refractivity contribution is 9.10. The van der Waals surface area contributed by atoms with Crippen LogP contribution in [0.15, 0.2) is 51.8 Å². The lowest BCUT2D eigenvalue weighted by molar-refractivity contribution is -0.118. The van der Waals surface area contributed by atoms with Gasteiger partial charge in [-0.25, -0.2) is 4.79 Å². The highest BCUT2D eigenvalue weighted by Crippen LogP contribution is 2.27. The molecule has 5 nitrogen and oxygen atoms in total. The minimum absolute atomic E-state index is 0.00968. The van der Waals surface area contributed by atoms with E-state index in [2.05, 4.69) is 21.2 Å². The van der Waals surface area contributed by atoms with Gasteiger partial charge in [0, 0.05) is 21.0 Å². The summed E-state index contributed by atoms with van der Waals surface area (Å²) in [6.45, 7) is 0.0998. The third-order valence-corrected chi connectivity index (χ3v) is 5.58. The molecule has 7 heteroatoms. The topological polar surface area (TPSA) is 64.6 Å². The third-order valence-electron chi connectivity index (χ3n) is 4.01. The zero-order chi connectivity index (χ0) is 19.2. The number of halogens is 1. The van der Waals surface area contributed by atoms with Gasteiger partial charge in [-0.3, -0.25) is 4.79 Å². The first-order valence-electron chi connectivity index (χ1n) is 8.57. The van der Waals surface area contributed by atoms with E-state index in [1.54, 1.807) is 19.2 Å². The Balaban J connectivity index is 1.62. The lowest BCUT2D eigenvalue weighted by Gasteiger charge is -2.12. The van der Waals surface area contributed by atoms with Crippen molar-refractivity contribution in [1.82, 2.24) is 5.32 Å². The van der Waals surface area contributed by atoms with E-state index < -0.39 is 5.97 Å². The summed E-state index contributed by atoms with van der Waals surface area (Å²) in [6, 6.07) is 13.0. The summed E-state index contributed by atoms with van der Waals surface area (Å²) in [5, 5.41) is 2.94. The number of thioether (sulfide) groups is 1. The van der Waals surface area contributed by atoms with Gasteiger partial charge in [0.25, 0.3) is 0 Å². The number of amides is 1. The molecule has 1 aliphatic rings. The van der Waals surface area contributed by atoms with Crippen molar-refractivity contribution in [2.45, 2.75) is 30.4 Å². The Hall–Kier alpha value is -1.99. The maximum absolute atomic E-state index is 12.6. The Bertz CT molecular complexity index is 838. The van der Waals surface area contributed by atoms with Gasteiger partial charge >= 0.3 is 5.97 Å². The average Bonchev–Trinajstić information content (AvgIpc) is 3.48. The van der Waals surface area contributed by atoms with Crippen molar-refractivity contribution in [3.05, 3.63) is 58.1 Å². The predicted octanol–water partition coefficient (Wildman–Crippen LogP) is 4.19. The van der Waals surface area contributed by atoms with Crippen molar-refractivity contribution in [3.63, 3.8) is 0 Å². The Morgan fingerprint density at radius 1 is 1.22 bits per heavy atom. The number of ether oxygens (including phenoxy) is 2. The summed E-state index contributed by atoms with van der Waals surface area (Å²) < 4.78 is 11.7. The second kappa shape index (κ2) is 9.28. The molecule has 0 aliphatic heterocycles. The summed E-state index contributed by atoms with van der Waals surface area (Å²) in [5.74, 6) is 0.498. The van der Waals surface area contributed by atoms with E-state index in [0.717, 1.165) is 27.8 Å². The Labute approximate surface area is 170 Å². The van der Waals surface area contributed by atoms with Crippen LogP contribution in [0.5, 0.6) is 5.75 Å². The molecule has 0 aromatic heterocycles. The van der Waals surface area contributed by atoms with E-state index in [1.807, 2.05) is 30.3 Å². The SMILES string of the molecule is COc1ccc(Br)cc1COC(=O)c1ccccc1SCC(=O)NC1CC1. The fraction of sp³-hybridized carbons (Fsp3) is 0.300. The molecule has 0 bridgehead atoms. The molecule has 142 valence electrons. The van der Waals surface area contributed by atoms with E-state index in [9.17, 15) is 9.59 Å². The maximum Gasteiger partial charge on any atom is 0.339 e. The zero-order valence-corrected chi connectivity index (χ0v) is 17.3. The summed E-state index contributed by atoms with van der Waals surface area (Å²) in [6.07, 6.45) is 2.11. The second-order valence-electron chi connectivity index (χ2n) is 6.16. The molecule has 0 saturated heterocycles. The molecular formula is C20H20BrNO4S. The van der Waals surface area contributed by atoms with E-state index in [-0.39, 0.29) is 18.3 Å². The number of esters is 1. The molecule has 1 amide bonds. The molecule has 1 saturated carbocycles. The highest BCUT2D eigenvalue weighted by atomic mass is 79.9. The van der Waals surface area contributed by atoms with E-state index in [1.165, 1.54) is 11.8 Å². The van der Waals surface area contributed by atoms with Gasteiger partial charge in [-0.2, -0.15) is 0 Å². The molecule has 0 atom stereocenters. The Morgan fingerprint density at radius 2 is 2.00 bits per heavy atom. The fourth-order valence-electron chi connectivity index (χ4n) is 2.48. The monoisotopic (exact) mass is 449 g/mol. The quantitative estimate of drug-likeness (QED) is 0.483. The Kier molecular flexibility index (Phi) is 6.79. The van der Waals surface area contributed by atoms with Crippen molar-refractivity contribution in [2.24, 2.45) is 0 Å². The van der Waals surface area contributed by atoms with Crippen LogP contribution in [0.2, 0.25) is 0 Å². The molecule has 1 fully saturated rings. The smallest absolute Gasteiger partial charge is 0.339 e. The minimum Gasteiger partial charge on any atom is -0.496 e. The van der Waals surface area contributed by atoms with Gasteiger partial charge in [0.1, 0.15) is 12.4 Å². The van der Waals surface area contributed by atoms with Crippen LogP contribution in [0.3, 0.4) is 0 Å². The lowest BCUT2D eigenvalue weighted by atomic mass is 10.2. The number of rotatable bonds is 8. The van der Waals surface area contributed by atoms with Crippen LogP contribution in [0.4, 0.5) is 0 Å². The van der Waals surface area contributed by atoms with Crippen LogP contribution in [-0.4, -0.2) is 30.8 Å². The van der Waals surface area contributed by atoms with Gasteiger partial charge in [-0.05, 0) is 43.2 Å². The number of carbonyl (C=O) groups is 2. The molecule has 2 aromatic carbocycles. The molecule has 0 spiro atoms. The zero-order valence-electron chi connectivity index (χ0n) is 14.9. The van der Waals surface area contributed by atoms with Crippen LogP contribution < -0.4 is 10.1 Å². The molecule has 1 N–H and O–H groups in total. The minimum atomic E-state index is -0.428. The predicted molar refractivity (Wildman–Crippen MR) is 108 cm³/mol. The van der Waals surface area contributed by atoms with E-state index in [0.29, 0.717) is 17.4 Å². The van der Waals surface area contributed by atoms with Crippen LogP contribution in [0.1, 0.15) is 28.8 Å². The lowest BCUT2D eigenvalue weighted by Crippen LogP contribution is -2.27. The van der Waals surface area contributed by atoms with Crippen molar-refractivity contribution in [3.8, 4) is 5.75 Å². The van der Waals surface area contributed by atoms with Crippen LogP contribution in [0.25, 0.3) is 0 Å². The van der Waals surface area contributed by atoms with Crippen molar-refractivity contribution in [2.75, 3.05) is 12.9 Å². The fourth-order valence-corrected chi connectivity index (χ4v) is 3.74. The summed E-state index contributed by atoms with van der Waals surface area (Å²) in [7, 11) is 1.58. The van der Waals surface area contributed by atoms with Crippen molar-refractivity contribution < 1.29 is 19.1 Å². The van der Waals surface area contributed by atoms with Crippen molar-refractivity contribution in [1.29, 1.82) is 0 Å². The molecule has 0 radical (unpaired) electrons. The Morgan fingerprint density at radius 3 is 2.74 bits per heavy atom. The number of hydrogen-bond donors (Lipinski definition) is 1. The van der Waals surface area contributed by atoms with Gasteiger partial charge in [0.2, 0.25) is 5.91 Å². The molecular weight excluding hydrogens is 430 g/mol. The summed E-state index contributed by atoms with van der Waals surface area (Å²) >= 11 is 4.75. The molecule has 27 heavy (non-hydrogen) atoms. The highest BCUT2D eigenvalue weighted by Gasteiger charge is 2.23. The first-order chi connectivity index (χ1) is 13.1. The van der Waals surface area contributed by atoms with E-state index >= 15 is 0 Å². The van der Waals surface area contributed by atoms with Gasteiger partial charge in [0.05, 0.1) is 18.4 Å². The van der Waals surface area contributed by atoms with Crippen molar-refractivity contribution >= 4 is 39.6 Å². The maximum atomic E-state index is 12.6. The normalized spacial score (nSPS) is 13.1. The van der Waals surface area contributed by atoms with Gasteiger partial charge in [-0.15, -0.1) is 11.8 Å². The number of methoxy groups -OCH3 is 1.